The molecular weight excluding hydrogens is 198 g/mol. The highest BCUT2D eigenvalue weighted by atomic mass is 35.5. The Morgan fingerprint density at radius 3 is 2.79 bits per heavy atom. The van der Waals surface area contributed by atoms with Gasteiger partial charge in [-0.15, -0.1) is 0 Å². The van der Waals surface area contributed by atoms with E-state index < -0.39 is 0 Å². The van der Waals surface area contributed by atoms with Crippen LogP contribution in [-0.4, -0.2) is 6.10 Å². The zero-order valence-electron chi connectivity index (χ0n) is 8.00. The molecule has 0 atom stereocenters. The van der Waals surface area contributed by atoms with Gasteiger partial charge in [-0.1, -0.05) is 17.7 Å². The summed E-state index contributed by atoms with van der Waals surface area (Å²) in [5.41, 5.74) is 7.31. The van der Waals surface area contributed by atoms with Crippen LogP contribution in [0.25, 0.3) is 0 Å². The van der Waals surface area contributed by atoms with E-state index in [0.717, 1.165) is 5.56 Å². The third-order valence-electron chi connectivity index (χ3n) is 2.60. The van der Waals surface area contributed by atoms with Gasteiger partial charge < -0.3 is 10.5 Å². The quantitative estimate of drug-likeness (QED) is 0.781. The smallest absolute Gasteiger partial charge is 0.0735 e. The fourth-order valence-corrected chi connectivity index (χ4v) is 1.67. The maximum absolute atomic E-state index is 6.01. The van der Waals surface area contributed by atoms with Gasteiger partial charge >= 0.3 is 0 Å². The largest absolute Gasteiger partial charge is 0.399 e. The Balaban J connectivity index is 1.94. The van der Waals surface area contributed by atoms with Gasteiger partial charge in [0.05, 0.1) is 12.7 Å². The molecule has 14 heavy (non-hydrogen) atoms. The summed E-state index contributed by atoms with van der Waals surface area (Å²) in [4.78, 5) is 0. The normalized spacial score (nSPS) is 16.6. The first kappa shape index (κ1) is 9.81. The summed E-state index contributed by atoms with van der Waals surface area (Å²) < 4.78 is 5.66. The number of anilines is 1. The molecule has 1 aromatic carbocycles. The molecule has 0 aliphatic heterocycles. The van der Waals surface area contributed by atoms with Crippen LogP contribution in [0, 0.1) is 0 Å². The Labute approximate surface area is 89.0 Å². The van der Waals surface area contributed by atoms with E-state index in [1.165, 1.54) is 19.3 Å². The number of hydrogen-bond acceptors (Lipinski definition) is 2. The second kappa shape index (κ2) is 4.20. The Morgan fingerprint density at radius 2 is 2.21 bits per heavy atom. The van der Waals surface area contributed by atoms with Crippen molar-refractivity contribution in [1.29, 1.82) is 0 Å². The molecule has 3 heteroatoms. The lowest BCUT2D eigenvalue weighted by atomic mass is 9.96. The monoisotopic (exact) mass is 211 g/mol. The van der Waals surface area contributed by atoms with E-state index in [4.69, 9.17) is 22.1 Å². The highest BCUT2D eigenvalue weighted by Crippen LogP contribution is 2.25. The fraction of sp³-hybridized carbons (Fsp3) is 0.455. The van der Waals surface area contributed by atoms with Gasteiger partial charge in [0.25, 0.3) is 0 Å². The van der Waals surface area contributed by atoms with Crippen molar-refractivity contribution in [3.05, 3.63) is 28.8 Å². The Bertz CT molecular complexity index is 323. The molecule has 0 bridgehead atoms. The SMILES string of the molecule is Nc1ccc(COC2CCC2)c(Cl)c1. The number of rotatable bonds is 3. The molecule has 0 aromatic heterocycles. The standard InChI is InChI=1S/C11H14ClNO/c12-11-6-9(13)5-4-8(11)7-14-10-2-1-3-10/h4-6,10H,1-3,7,13H2. The van der Waals surface area contributed by atoms with Gasteiger partial charge in [-0.25, -0.2) is 0 Å². The molecule has 1 aromatic rings. The molecular formula is C11H14ClNO. The van der Waals surface area contributed by atoms with Gasteiger partial charge in [-0.2, -0.15) is 0 Å². The molecule has 0 heterocycles. The van der Waals surface area contributed by atoms with E-state index in [1.54, 1.807) is 6.07 Å². The van der Waals surface area contributed by atoms with E-state index in [2.05, 4.69) is 0 Å². The van der Waals surface area contributed by atoms with Crippen molar-refractivity contribution in [2.45, 2.75) is 32.0 Å². The summed E-state index contributed by atoms with van der Waals surface area (Å²) in [5.74, 6) is 0. The maximum Gasteiger partial charge on any atom is 0.0735 e. The number of benzene rings is 1. The van der Waals surface area contributed by atoms with Crippen molar-refractivity contribution in [3.8, 4) is 0 Å². The van der Waals surface area contributed by atoms with Gasteiger partial charge in [0, 0.05) is 10.7 Å². The van der Waals surface area contributed by atoms with E-state index in [1.807, 2.05) is 12.1 Å². The first-order valence-electron chi connectivity index (χ1n) is 4.91. The minimum atomic E-state index is 0.448. The van der Waals surface area contributed by atoms with Crippen LogP contribution in [0.2, 0.25) is 5.02 Å². The predicted molar refractivity (Wildman–Crippen MR) is 58.3 cm³/mol. The molecule has 76 valence electrons. The van der Waals surface area contributed by atoms with Crippen LogP contribution in [0.3, 0.4) is 0 Å². The lowest BCUT2D eigenvalue weighted by Crippen LogP contribution is -2.21. The summed E-state index contributed by atoms with van der Waals surface area (Å²) in [6.45, 7) is 0.601. The molecule has 1 aliphatic rings. The maximum atomic E-state index is 6.01. The third-order valence-corrected chi connectivity index (χ3v) is 2.96. The van der Waals surface area contributed by atoms with Gasteiger partial charge in [-0.3, -0.25) is 0 Å². The Morgan fingerprint density at radius 1 is 1.43 bits per heavy atom. The van der Waals surface area contributed by atoms with Crippen molar-refractivity contribution in [2.75, 3.05) is 5.73 Å². The zero-order chi connectivity index (χ0) is 9.97. The van der Waals surface area contributed by atoms with Crippen LogP contribution in [0.5, 0.6) is 0 Å². The molecule has 2 N–H and O–H groups in total. The van der Waals surface area contributed by atoms with Crippen LogP contribution in [0.4, 0.5) is 5.69 Å². The van der Waals surface area contributed by atoms with Crippen molar-refractivity contribution >= 4 is 17.3 Å². The van der Waals surface area contributed by atoms with E-state index in [-0.39, 0.29) is 0 Å². The van der Waals surface area contributed by atoms with Crippen LogP contribution in [0.1, 0.15) is 24.8 Å². The molecule has 0 spiro atoms. The fourth-order valence-electron chi connectivity index (χ4n) is 1.43. The van der Waals surface area contributed by atoms with Gasteiger partial charge in [0.2, 0.25) is 0 Å². The molecule has 0 unspecified atom stereocenters. The van der Waals surface area contributed by atoms with Gasteiger partial charge in [0.1, 0.15) is 0 Å². The first-order chi connectivity index (χ1) is 6.75. The van der Waals surface area contributed by atoms with Crippen molar-refractivity contribution in [3.63, 3.8) is 0 Å². The van der Waals surface area contributed by atoms with E-state index in [0.29, 0.717) is 23.4 Å². The summed E-state index contributed by atoms with van der Waals surface area (Å²) in [6.07, 6.45) is 4.11. The molecule has 0 radical (unpaired) electrons. The summed E-state index contributed by atoms with van der Waals surface area (Å²) in [6, 6.07) is 5.54. The van der Waals surface area contributed by atoms with Crippen molar-refractivity contribution in [1.82, 2.24) is 0 Å². The molecule has 2 nitrogen and oxygen atoms in total. The van der Waals surface area contributed by atoms with Gasteiger partial charge in [-0.05, 0) is 37.0 Å². The number of hydrogen-bond donors (Lipinski definition) is 1. The second-order valence-corrected chi connectivity index (χ2v) is 4.12. The van der Waals surface area contributed by atoms with Crippen LogP contribution < -0.4 is 5.73 Å². The summed E-state index contributed by atoms with van der Waals surface area (Å²) in [7, 11) is 0. The molecule has 1 saturated carbocycles. The Kier molecular flexibility index (Phi) is 2.94. The minimum absolute atomic E-state index is 0.448. The van der Waals surface area contributed by atoms with Crippen LogP contribution in [0.15, 0.2) is 18.2 Å². The van der Waals surface area contributed by atoms with Crippen LogP contribution in [-0.2, 0) is 11.3 Å². The highest BCUT2D eigenvalue weighted by molar-refractivity contribution is 6.31. The van der Waals surface area contributed by atoms with Crippen molar-refractivity contribution < 1.29 is 4.74 Å². The molecule has 1 aliphatic carbocycles. The van der Waals surface area contributed by atoms with E-state index >= 15 is 0 Å². The number of nitrogen functional groups attached to an aromatic ring is 1. The zero-order valence-corrected chi connectivity index (χ0v) is 8.76. The third kappa shape index (κ3) is 2.20. The minimum Gasteiger partial charge on any atom is -0.399 e. The molecule has 0 amide bonds. The number of ether oxygens (including phenoxy) is 1. The van der Waals surface area contributed by atoms with Gasteiger partial charge in [0.15, 0.2) is 0 Å². The average Bonchev–Trinajstić information content (AvgIpc) is 2.05. The van der Waals surface area contributed by atoms with Crippen LogP contribution >= 0.6 is 11.6 Å². The van der Waals surface area contributed by atoms with E-state index in [9.17, 15) is 0 Å². The van der Waals surface area contributed by atoms with Crippen molar-refractivity contribution in [2.24, 2.45) is 0 Å². The summed E-state index contributed by atoms with van der Waals surface area (Å²) in [5, 5.41) is 0.698. The predicted octanol–water partition coefficient (Wildman–Crippen LogP) is 2.99. The molecule has 2 rings (SSSR count). The second-order valence-electron chi connectivity index (χ2n) is 3.71. The molecule has 1 fully saturated rings. The Hall–Kier alpha value is -0.730. The highest BCUT2D eigenvalue weighted by Gasteiger charge is 2.17. The molecule has 0 saturated heterocycles. The average molecular weight is 212 g/mol. The number of halogens is 1. The number of nitrogens with two attached hydrogens (primary N) is 1. The lowest BCUT2D eigenvalue weighted by molar-refractivity contribution is -0.00862. The topological polar surface area (TPSA) is 35.2 Å². The lowest BCUT2D eigenvalue weighted by Gasteiger charge is -2.25. The summed E-state index contributed by atoms with van der Waals surface area (Å²) >= 11 is 6.01. The first-order valence-corrected chi connectivity index (χ1v) is 5.29.